The summed E-state index contributed by atoms with van der Waals surface area (Å²) in [7, 11) is -5.31. The Morgan fingerprint density at radius 3 is 2.12 bits per heavy atom. The van der Waals surface area contributed by atoms with Crippen LogP contribution >= 0.6 is 0 Å². The number of nitrogens with one attached hydrogen (secondary N) is 1. The summed E-state index contributed by atoms with van der Waals surface area (Å²) >= 11 is 0. The van der Waals surface area contributed by atoms with Crippen LogP contribution in [0.25, 0.3) is 0 Å². The van der Waals surface area contributed by atoms with Crippen LogP contribution in [0.15, 0.2) is 59.5 Å². The Morgan fingerprint density at radius 1 is 0.900 bits per heavy atom. The second-order valence-corrected chi connectivity index (χ2v) is 20.0. The van der Waals surface area contributed by atoms with Crippen molar-refractivity contribution in [3.63, 3.8) is 0 Å². The molecule has 0 spiro atoms. The first kappa shape index (κ1) is 31.2. The van der Waals surface area contributed by atoms with Crippen molar-refractivity contribution in [1.29, 1.82) is 0 Å². The van der Waals surface area contributed by atoms with E-state index in [9.17, 15) is 8.42 Å². The Balaban J connectivity index is 1.18. The van der Waals surface area contributed by atoms with Crippen LogP contribution in [0.5, 0.6) is 0 Å². The van der Waals surface area contributed by atoms with Crippen molar-refractivity contribution >= 4 is 24.0 Å². The standard InChI is InChI=1S/C32H51N3O3SSi/c1-32(2,3)40(4,5)38-30-18-24-35(25-19-30)39(36,37)31-14-12-27(13-15-31)26-28-16-22-34(23-17-28)21-9-20-33-29-10-7-6-8-11-29/h6-8,10-15,28,30,33H,9,16-26H2,1-5H3. The van der Waals surface area contributed by atoms with Gasteiger partial charge in [-0.1, -0.05) is 51.1 Å². The number of hydrogen-bond donors (Lipinski definition) is 1. The van der Waals surface area contributed by atoms with E-state index in [0.717, 1.165) is 51.9 Å². The number of piperidine rings is 2. The van der Waals surface area contributed by atoms with E-state index in [4.69, 9.17) is 4.43 Å². The number of nitrogens with zero attached hydrogens (tertiary/aromatic N) is 2. The molecule has 8 heteroatoms. The molecule has 2 aromatic rings. The molecule has 2 fully saturated rings. The Morgan fingerprint density at radius 2 is 1.52 bits per heavy atom. The highest BCUT2D eigenvalue weighted by atomic mass is 32.2. The molecule has 0 amide bonds. The number of hydrogen-bond acceptors (Lipinski definition) is 5. The van der Waals surface area contributed by atoms with Crippen LogP contribution < -0.4 is 5.32 Å². The van der Waals surface area contributed by atoms with Crippen molar-refractivity contribution < 1.29 is 12.8 Å². The summed E-state index contributed by atoms with van der Waals surface area (Å²) in [6.45, 7) is 16.8. The summed E-state index contributed by atoms with van der Waals surface area (Å²) in [5.41, 5.74) is 2.43. The first-order valence-corrected chi connectivity index (χ1v) is 19.6. The van der Waals surface area contributed by atoms with Gasteiger partial charge in [-0.15, -0.1) is 0 Å². The van der Waals surface area contributed by atoms with Gasteiger partial charge in [0.25, 0.3) is 0 Å². The monoisotopic (exact) mass is 585 g/mol. The van der Waals surface area contributed by atoms with Crippen LogP contribution in [0.3, 0.4) is 0 Å². The van der Waals surface area contributed by atoms with Gasteiger partial charge in [-0.05, 0) is 112 Å². The van der Waals surface area contributed by atoms with Gasteiger partial charge in [0.2, 0.25) is 10.0 Å². The van der Waals surface area contributed by atoms with E-state index < -0.39 is 18.3 Å². The molecule has 0 aliphatic carbocycles. The zero-order chi connectivity index (χ0) is 28.8. The van der Waals surface area contributed by atoms with Crippen molar-refractivity contribution in [2.45, 2.75) is 88.4 Å². The van der Waals surface area contributed by atoms with Crippen molar-refractivity contribution in [3.8, 4) is 0 Å². The number of rotatable bonds is 11. The van der Waals surface area contributed by atoms with E-state index in [1.54, 1.807) is 4.31 Å². The molecule has 1 N–H and O–H groups in total. The lowest BCUT2D eigenvalue weighted by Gasteiger charge is -2.41. The first-order chi connectivity index (χ1) is 18.9. The fourth-order valence-corrected chi connectivity index (χ4v) is 8.46. The highest BCUT2D eigenvalue weighted by Crippen LogP contribution is 2.38. The summed E-state index contributed by atoms with van der Waals surface area (Å²) in [4.78, 5) is 3.00. The molecule has 0 atom stereocenters. The maximum absolute atomic E-state index is 13.3. The minimum absolute atomic E-state index is 0.159. The molecule has 0 unspecified atom stereocenters. The van der Waals surface area contributed by atoms with E-state index in [1.807, 2.05) is 30.3 Å². The summed E-state index contributed by atoms with van der Waals surface area (Å²) in [6.07, 6.45) is 6.29. The lowest BCUT2D eigenvalue weighted by Crippen LogP contribution is -2.48. The first-order valence-electron chi connectivity index (χ1n) is 15.2. The molecular formula is C32H51N3O3SSi. The Labute approximate surface area is 244 Å². The van der Waals surface area contributed by atoms with Gasteiger partial charge in [0.05, 0.1) is 4.90 Å². The quantitative estimate of drug-likeness (QED) is 0.237. The van der Waals surface area contributed by atoms with Gasteiger partial charge in [-0.2, -0.15) is 4.31 Å². The molecule has 0 radical (unpaired) electrons. The molecule has 40 heavy (non-hydrogen) atoms. The van der Waals surface area contributed by atoms with Crippen LogP contribution in [-0.2, 0) is 20.9 Å². The second kappa shape index (κ2) is 13.5. The highest BCUT2D eigenvalue weighted by molar-refractivity contribution is 7.89. The average Bonchev–Trinajstić information content (AvgIpc) is 2.92. The molecule has 0 aromatic heterocycles. The predicted molar refractivity (Wildman–Crippen MR) is 169 cm³/mol. The van der Waals surface area contributed by atoms with Crippen molar-refractivity contribution in [3.05, 3.63) is 60.2 Å². The maximum Gasteiger partial charge on any atom is 0.243 e. The third-order valence-electron chi connectivity index (χ3n) is 9.22. The van der Waals surface area contributed by atoms with E-state index in [1.165, 1.54) is 24.1 Å². The minimum atomic E-state index is -3.47. The van der Waals surface area contributed by atoms with Crippen molar-refractivity contribution in [2.24, 2.45) is 5.92 Å². The van der Waals surface area contributed by atoms with Gasteiger partial charge in [0.15, 0.2) is 8.32 Å². The summed E-state index contributed by atoms with van der Waals surface area (Å²) in [5.74, 6) is 0.668. The number of sulfonamides is 1. The number of likely N-dealkylation sites (tertiary alicyclic amines) is 1. The Kier molecular flexibility index (Phi) is 10.5. The normalized spacial score (nSPS) is 19.1. The molecule has 2 saturated heterocycles. The maximum atomic E-state index is 13.3. The van der Waals surface area contributed by atoms with E-state index in [-0.39, 0.29) is 11.1 Å². The van der Waals surface area contributed by atoms with Crippen LogP contribution in [0.2, 0.25) is 18.1 Å². The van der Waals surface area contributed by atoms with E-state index in [2.05, 4.69) is 68.3 Å². The average molecular weight is 586 g/mol. The van der Waals surface area contributed by atoms with Crippen LogP contribution in [0.4, 0.5) is 5.69 Å². The molecule has 2 aliphatic heterocycles. The Hall–Kier alpha value is -1.71. The molecule has 0 saturated carbocycles. The SMILES string of the molecule is CC(C)(C)[Si](C)(C)OC1CCN(S(=O)(=O)c2ccc(CC3CCN(CCCNc4ccccc4)CC3)cc2)CC1. The van der Waals surface area contributed by atoms with Crippen LogP contribution in [0, 0.1) is 5.92 Å². The third-order valence-corrected chi connectivity index (χ3v) is 15.7. The zero-order valence-electron chi connectivity index (χ0n) is 25.4. The van der Waals surface area contributed by atoms with Gasteiger partial charge in [-0.25, -0.2) is 8.42 Å². The molecule has 2 aliphatic rings. The minimum Gasteiger partial charge on any atom is -0.414 e. The van der Waals surface area contributed by atoms with E-state index >= 15 is 0 Å². The smallest absolute Gasteiger partial charge is 0.243 e. The lowest BCUT2D eigenvalue weighted by atomic mass is 9.90. The lowest BCUT2D eigenvalue weighted by molar-refractivity contribution is 0.120. The van der Waals surface area contributed by atoms with Crippen molar-refractivity contribution in [1.82, 2.24) is 9.21 Å². The summed E-state index contributed by atoms with van der Waals surface area (Å²) < 4.78 is 34.9. The van der Waals surface area contributed by atoms with Gasteiger partial charge in [0.1, 0.15) is 0 Å². The second-order valence-electron chi connectivity index (χ2n) is 13.3. The zero-order valence-corrected chi connectivity index (χ0v) is 27.2. The highest BCUT2D eigenvalue weighted by Gasteiger charge is 2.40. The fraction of sp³-hybridized carbons (Fsp3) is 0.625. The number of benzene rings is 2. The van der Waals surface area contributed by atoms with Gasteiger partial charge in [-0.3, -0.25) is 0 Å². The van der Waals surface area contributed by atoms with Gasteiger partial charge in [0, 0.05) is 31.4 Å². The van der Waals surface area contributed by atoms with Gasteiger partial charge < -0.3 is 14.6 Å². The van der Waals surface area contributed by atoms with Crippen LogP contribution in [0.1, 0.15) is 58.4 Å². The molecule has 0 bridgehead atoms. The Bertz CT molecular complexity index is 1150. The van der Waals surface area contributed by atoms with E-state index in [0.29, 0.717) is 23.9 Å². The molecule has 6 nitrogen and oxygen atoms in total. The van der Waals surface area contributed by atoms with Gasteiger partial charge >= 0.3 is 0 Å². The predicted octanol–water partition coefficient (Wildman–Crippen LogP) is 6.62. The molecule has 2 aromatic carbocycles. The van der Waals surface area contributed by atoms with Crippen molar-refractivity contribution in [2.75, 3.05) is 44.6 Å². The summed E-state index contributed by atoms with van der Waals surface area (Å²) in [6, 6.07) is 18.1. The topological polar surface area (TPSA) is 61.9 Å². The number of para-hydroxylation sites is 1. The third kappa shape index (κ3) is 8.41. The molecule has 2 heterocycles. The molecular weight excluding hydrogens is 535 g/mol. The molecule has 4 rings (SSSR count). The molecule has 222 valence electrons. The number of anilines is 1. The summed E-state index contributed by atoms with van der Waals surface area (Å²) in [5, 5.41) is 3.66. The largest absolute Gasteiger partial charge is 0.414 e. The fourth-order valence-electron chi connectivity index (χ4n) is 5.57. The van der Waals surface area contributed by atoms with Crippen LogP contribution in [-0.4, -0.2) is 71.3 Å².